The molecule has 3 aromatic carbocycles. The van der Waals surface area contributed by atoms with Gasteiger partial charge in [-0.3, -0.25) is 38.4 Å². The molecule has 18 heteroatoms. The Kier molecular flexibility index (Phi) is 19.5. The van der Waals surface area contributed by atoms with E-state index in [-0.39, 0.29) is 85.4 Å². The molecular formula is C60H82N8O10. The molecule has 6 amide bonds. The van der Waals surface area contributed by atoms with Crippen LogP contribution < -0.4 is 31.9 Å². The Morgan fingerprint density at radius 2 is 0.949 bits per heavy atom. The van der Waals surface area contributed by atoms with Crippen molar-refractivity contribution in [1.82, 2.24) is 41.7 Å². The Hall–Kier alpha value is -6.34. The number of aryl methyl sites for hydroxylation is 2. The number of ketones is 2. The summed E-state index contributed by atoms with van der Waals surface area (Å²) in [5.41, 5.74) is 3.28. The zero-order chi connectivity index (χ0) is 56.6. The maximum Gasteiger partial charge on any atom is 0.246 e. The van der Waals surface area contributed by atoms with Gasteiger partial charge in [0.1, 0.15) is 36.3 Å². The van der Waals surface area contributed by atoms with Crippen LogP contribution in [0.5, 0.6) is 0 Å². The number of aliphatic hydroxyl groups is 2. The molecule has 18 nitrogen and oxygen atoms in total. The van der Waals surface area contributed by atoms with Gasteiger partial charge in [-0.05, 0) is 116 Å². The Bertz CT molecular complexity index is 2510. The molecule has 0 spiro atoms. The predicted molar refractivity (Wildman–Crippen MR) is 295 cm³/mol. The molecular weight excluding hydrogens is 993 g/mol. The molecule has 4 aliphatic rings. The van der Waals surface area contributed by atoms with Crippen molar-refractivity contribution in [2.24, 2.45) is 22.7 Å². The van der Waals surface area contributed by atoms with Crippen LogP contribution in [0.2, 0.25) is 0 Å². The van der Waals surface area contributed by atoms with E-state index in [0.29, 0.717) is 0 Å². The Labute approximate surface area is 459 Å². The molecule has 2 saturated heterocycles. The van der Waals surface area contributed by atoms with Crippen molar-refractivity contribution in [3.8, 4) is 0 Å². The molecule has 0 aromatic heterocycles. The third kappa shape index (κ3) is 13.9. The lowest BCUT2D eigenvalue weighted by atomic mass is 9.85. The van der Waals surface area contributed by atoms with E-state index in [0.717, 1.165) is 60.8 Å². The number of benzene rings is 3. The quantitative estimate of drug-likeness (QED) is 0.0751. The van der Waals surface area contributed by atoms with Gasteiger partial charge in [-0.1, -0.05) is 108 Å². The van der Waals surface area contributed by atoms with Gasteiger partial charge in [-0.2, -0.15) is 0 Å². The summed E-state index contributed by atoms with van der Waals surface area (Å²) < 4.78 is 0. The van der Waals surface area contributed by atoms with Gasteiger partial charge in [0.2, 0.25) is 35.4 Å². The number of carbonyl (C=O) groups excluding carboxylic acids is 8. The third-order valence-electron chi connectivity index (χ3n) is 16.3. The second-order valence-electron chi connectivity index (χ2n) is 24.0. The van der Waals surface area contributed by atoms with Gasteiger partial charge in [0.25, 0.3) is 0 Å². The van der Waals surface area contributed by atoms with Crippen LogP contribution in [0.25, 0.3) is 0 Å². The lowest BCUT2D eigenvalue weighted by molar-refractivity contribution is -0.144. The summed E-state index contributed by atoms with van der Waals surface area (Å²) in [4.78, 5) is 117. The SMILES string of the molecule is CN[C@@H](CO)C(=O)N[C@H](C(=O)N1C[C@@H](CC(=O)c2cccc(C(=O)C[C@H]3C[C@@H](C(=O)N[C@@H]4CCCc5ccccc54)N(C(=O)[C@@H](NC(=O)[C@H](CO)NC)C(C)(C)C)C3)c2)C[C@H]1C(=O)N[C@@H]1CCCc2ccccc21)C(C)(C)C. The van der Waals surface area contributed by atoms with E-state index in [9.17, 15) is 48.6 Å². The molecule has 0 radical (unpaired) electrons. The molecule has 2 heterocycles. The van der Waals surface area contributed by atoms with Gasteiger partial charge in [0.05, 0.1) is 25.3 Å². The second kappa shape index (κ2) is 25.6. The average Bonchev–Trinajstić information content (AvgIpc) is 4.13. The summed E-state index contributed by atoms with van der Waals surface area (Å²) in [5.74, 6) is -4.33. The van der Waals surface area contributed by atoms with Crippen LogP contribution in [-0.2, 0) is 41.6 Å². The topological polar surface area (TPSA) is 256 Å². The van der Waals surface area contributed by atoms with Gasteiger partial charge < -0.3 is 51.9 Å². The fourth-order valence-corrected chi connectivity index (χ4v) is 11.8. The van der Waals surface area contributed by atoms with E-state index in [1.807, 2.05) is 77.9 Å². The van der Waals surface area contributed by atoms with Crippen molar-refractivity contribution in [3.05, 3.63) is 106 Å². The molecule has 422 valence electrons. The highest BCUT2D eigenvalue weighted by Gasteiger charge is 2.48. The van der Waals surface area contributed by atoms with Gasteiger partial charge in [0, 0.05) is 37.1 Å². The first-order valence-electron chi connectivity index (χ1n) is 27.8. The Balaban J connectivity index is 1.09. The maximum absolute atomic E-state index is 14.8. The molecule has 2 fully saturated rings. The predicted octanol–water partition coefficient (Wildman–Crippen LogP) is 3.88. The first-order chi connectivity index (χ1) is 37.1. The van der Waals surface area contributed by atoms with Crippen molar-refractivity contribution in [2.75, 3.05) is 40.4 Å². The summed E-state index contributed by atoms with van der Waals surface area (Å²) in [6.07, 6.45) is 5.23. The van der Waals surface area contributed by atoms with Gasteiger partial charge in [0.15, 0.2) is 11.6 Å². The highest BCUT2D eigenvalue weighted by atomic mass is 16.3. The molecule has 10 atom stereocenters. The van der Waals surface area contributed by atoms with Crippen molar-refractivity contribution < 1.29 is 48.6 Å². The van der Waals surface area contributed by atoms with Gasteiger partial charge in [-0.15, -0.1) is 0 Å². The number of likely N-dealkylation sites (tertiary alicyclic amines) is 2. The van der Waals surface area contributed by atoms with E-state index in [1.54, 1.807) is 24.3 Å². The Morgan fingerprint density at radius 3 is 1.31 bits per heavy atom. The van der Waals surface area contributed by atoms with E-state index in [4.69, 9.17) is 0 Å². The maximum atomic E-state index is 14.8. The number of likely N-dealkylation sites (N-methyl/N-ethyl adjacent to an activating group) is 2. The number of aliphatic hydroxyl groups excluding tert-OH is 2. The first-order valence-corrected chi connectivity index (χ1v) is 27.8. The molecule has 8 N–H and O–H groups in total. The van der Waals surface area contributed by atoms with Crippen LogP contribution in [0.1, 0.15) is 148 Å². The molecule has 2 aliphatic carbocycles. The fraction of sp³-hybridized carbons (Fsp3) is 0.567. The molecule has 2 aliphatic heterocycles. The monoisotopic (exact) mass is 1070 g/mol. The highest BCUT2D eigenvalue weighted by Crippen LogP contribution is 2.36. The standard InChI is InChI=1S/C60H82N8O10/c1-59(2,3)51(65-53(73)45(33-69)61-7)57(77)67-31-35(26-47(67)55(75)63-43-24-14-18-37-16-9-11-22-41(37)43)28-49(71)39-20-13-21-40(30-39)50(72)29-36-27-48(56(76)64-44-25-15-19-38-17-10-12-23-42(38)44)68(32-36)58(78)52(60(4,5)6)66-54(74)46(34-70)62-8/h9-13,16-17,20-23,30,35-36,43-48,51-52,61-62,69-70H,14-15,18-19,24-29,31-34H2,1-8H3,(H,63,75)(H,64,76)(H,65,73)(H,66,74)/t35-,36-,43-,44-,45+,46+,47+,48+,51-,52-/m1/s1. The summed E-state index contributed by atoms with van der Waals surface area (Å²) in [5, 5.41) is 37.4. The number of nitrogens with zero attached hydrogens (tertiary/aromatic N) is 2. The van der Waals surface area contributed by atoms with E-state index in [1.165, 1.54) is 23.9 Å². The zero-order valence-electron chi connectivity index (χ0n) is 46.7. The number of rotatable bonds is 20. The number of hydrogen-bond acceptors (Lipinski definition) is 12. The summed E-state index contributed by atoms with van der Waals surface area (Å²) in [6, 6.07) is 15.8. The fourth-order valence-electron chi connectivity index (χ4n) is 11.8. The summed E-state index contributed by atoms with van der Waals surface area (Å²) in [6.45, 7) is 9.96. The smallest absolute Gasteiger partial charge is 0.246 e. The molecule has 0 unspecified atom stereocenters. The summed E-state index contributed by atoms with van der Waals surface area (Å²) >= 11 is 0. The Morgan fingerprint density at radius 1 is 0.564 bits per heavy atom. The normalized spacial score (nSPS) is 22.7. The van der Waals surface area contributed by atoms with E-state index in [2.05, 4.69) is 44.0 Å². The van der Waals surface area contributed by atoms with Crippen molar-refractivity contribution >= 4 is 47.0 Å². The number of Topliss-reactive ketones (excluding diaryl/α,β-unsaturated/α-hetero) is 2. The lowest BCUT2D eigenvalue weighted by Crippen LogP contribution is -2.60. The average molecular weight is 1080 g/mol. The first kappa shape index (κ1) is 59.3. The zero-order valence-corrected chi connectivity index (χ0v) is 46.7. The van der Waals surface area contributed by atoms with Crippen LogP contribution in [0, 0.1) is 22.7 Å². The third-order valence-corrected chi connectivity index (χ3v) is 16.3. The van der Waals surface area contributed by atoms with Crippen LogP contribution in [0.15, 0.2) is 72.8 Å². The van der Waals surface area contributed by atoms with Crippen molar-refractivity contribution in [2.45, 2.75) is 154 Å². The van der Waals surface area contributed by atoms with Crippen molar-refractivity contribution in [1.29, 1.82) is 0 Å². The van der Waals surface area contributed by atoms with Crippen LogP contribution in [0.3, 0.4) is 0 Å². The number of carbonyl (C=O) groups is 8. The van der Waals surface area contributed by atoms with Crippen molar-refractivity contribution in [3.63, 3.8) is 0 Å². The molecule has 0 bridgehead atoms. The second-order valence-corrected chi connectivity index (χ2v) is 24.0. The highest BCUT2D eigenvalue weighted by molar-refractivity contribution is 6.02. The minimum absolute atomic E-state index is 0.0445. The van der Waals surface area contributed by atoms with Gasteiger partial charge >= 0.3 is 0 Å². The van der Waals surface area contributed by atoms with E-state index < -0.39 is 95.8 Å². The lowest BCUT2D eigenvalue weighted by Gasteiger charge is -2.36. The van der Waals surface area contributed by atoms with Gasteiger partial charge in [-0.25, -0.2) is 0 Å². The number of amides is 6. The minimum atomic E-state index is -1.08. The largest absolute Gasteiger partial charge is 0.394 e. The molecule has 0 saturated carbocycles. The summed E-state index contributed by atoms with van der Waals surface area (Å²) in [7, 11) is 3.06. The molecule has 3 aromatic rings. The number of hydrogen-bond donors (Lipinski definition) is 8. The van der Waals surface area contributed by atoms with Crippen LogP contribution in [0.4, 0.5) is 0 Å². The number of nitrogens with one attached hydrogen (secondary N) is 6. The molecule has 7 rings (SSSR count). The molecule has 78 heavy (non-hydrogen) atoms. The van der Waals surface area contributed by atoms with E-state index >= 15 is 0 Å². The van der Waals surface area contributed by atoms with Crippen LogP contribution >= 0.6 is 0 Å². The van der Waals surface area contributed by atoms with Crippen LogP contribution in [-0.4, -0.2) is 144 Å². The minimum Gasteiger partial charge on any atom is -0.394 e. The number of fused-ring (bicyclic) bond motifs is 2.